The Morgan fingerprint density at radius 3 is 2.60 bits per heavy atom. The van der Waals surface area contributed by atoms with E-state index in [1.54, 1.807) is 0 Å². The highest BCUT2D eigenvalue weighted by molar-refractivity contribution is 5.80. The molecular weight excluding hydrogens is 256 g/mol. The van der Waals surface area contributed by atoms with E-state index in [4.69, 9.17) is 4.74 Å². The zero-order chi connectivity index (χ0) is 14.4. The number of hydrogen-bond acceptors (Lipinski definition) is 4. The van der Waals surface area contributed by atoms with Crippen LogP contribution in [-0.2, 0) is 9.53 Å². The van der Waals surface area contributed by atoms with Gasteiger partial charge < -0.3 is 9.84 Å². The second-order valence-corrected chi connectivity index (χ2v) is 7.26. The van der Waals surface area contributed by atoms with Gasteiger partial charge in [0.15, 0.2) is 0 Å². The van der Waals surface area contributed by atoms with Gasteiger partial charge in [0, 0.05) is 24.7 Å². The second kappa shape index (κ2) is 4.97. The normalized spacial score (nSPS) is 29.9. The molecule has 1 heterocycles. The van der Waals surface area contributed by atoms with Crippen LogP contribution in [0.2, 0.25) is 0 Å². The minimum atomic E-state index is -0.754. The zero-order valence-corrected chi connectivity index (χ0v) is 12.5. The van der Waals surface area contributed by atoms with Crippen LogP contribution < -0.4 is 5.32 Å². The van der Waals surface area contributed by atoms with Crippen molar-refractivity contribution in [2.75, 3.05) is 26.3 Å². The summed E-state index contributed by atoms with van der Waals surface area (Å²) in [5.74, 6) is -0.381. The molecule has 2 saturated carbocycles. The minimum Gasteiger partial charge on any atom is -0.480 e. The number of rotatable bonds is 6. The number of morpholine rings is 1. The largest absolute Gasteiger partial charge is 0.480 e. The van der Waals surface area contributed by atoms with Gasteiger partial charge in [0.2, 0.25) is 0 Å². The summed E-state index contributed by atoms with van der Waals surface area (Å²) in [5.41, 5.74) is -0.838. The van der Waals surface area contributed by atoms with Gasteiger partial charge in [-0.05, 0) is 45.4 Å². The summed E-state index contributed by atoms with van der Waals surface area (Å²) in [7, 11) is 0. The fourth-order valence-corrected chi connectivity index (χ4v) is 3.25. The van der Waals surface area contributed by atoms with Gasteiger partial charge in [-0.15, -0.1) is 0 Å². The van der Waals surface area contributed by atoms with Gasteiger partial charge in [0.05, 0.1) is 13.2 Å². The van der Waals surface area contributed by atoms with Crippen LogP contribution >= 0.6 is 0 Å². The average molecular weight is 282 g/mol. The van der Waals surface area contributed by atoms with Gasteiger partial charge in [0.25, 0.3) is 0 Å². The molecule has 0 bridgehead atoms. The predicted molar refractivity (Wildman–Crippen MR) is 75.7 cm³/mol. The fraction of sp³-hybridized carbons (Fsp3) is 0.933. The molecule has 1 saturated heterocycles. The average Bonchev–Trinajstić information content (AvgIpc) is 3.24. The summed E-state index contributed by atoms with van der Waals surface area (Å²) in [4.78, 5) is 14.3. The predicted octanol–water partition coefficient (Wildman–Crippen LogP) is 1.08. The molecule has 0 radical (unpaired) electrons. The second-order valence-electron chi connectivity index (χ2n) is 7.26. The minimum absolute atomic E-state index is 0.0843. The van der Waals surface area contributed by atoms with Crippen molar-refractivity contribution in [1.29, 1.82) is 0 Å². The van der Waals surface area contributed by atoms with Crippen LogP contribution in [0, 0.1) is 5.92 Å². The van der Waals surface area contributed by atoms with E-state index in [1.807, 2.05) is 0 Å². The van der Waals surface area contributed by atoms with Crippen molar-refractivity contribution in [3.8, 4) is 0 Å². The number of nitrogens with zero attached hydrogens (tertiary/aromatic N) is 1. The standard InChI is InChI=1S/C15H26N2O3/c1-14(2)10-20-8-7-17(14)9-15(13(18)19,11-3-4-11)16-12-5-6-12/h11-12,16H,3-10H2,1-2H3,(H,18,19). The molecule has 3 rings (SSSR count). The van der Waals surface area contributed by atoms with Crippen LogP contribution in [0.15, 0.2) is 0 Å². The molecule has 3 fully saturated rings. The molecule has 1 aliphatic heterocycles. The number of ether oxygens (including phenoxy) is 1. The summed E-state index contributed by atoms with van der Waals surface area (Å²) in [6, 6.07) is 0.413. The molecule has 0 amide bonds. The van der Waals surface area contributed by atoms with E-state index in [0.717, 1.165) is 32.2 Å². The van der Waals surface area contributed by atoms with Gasteiger partial charge in [-0.25, -0.2) is 0 Å². The van der Waals surface area contributed by atoms with Gasteiger partial charge in [-0.1, -0.05) is 0 Å². The quantitative estimate of drug-likeness (QED) is 0.763. The Kier molecular flexibility index (Phi) is 3.55. The SMILES string of the molecule is CC1(C)COCCN1CC(NC1CC1)(C(=O)O)C1CC1. The summed E-state index contributed by atoms with van der Waals surface area (Å²) in [6.07, 6.45) is 4.32. The number of hydrogen-bond donors (Lipinski definition) is 2. The first-order valence-electron chi connectivity index (χ1n) is 7.78. The van der Waals surface area contributed by atoms with Crippen molar-refractivity contribution in [1.82, 2.24) is 10.2 Å². The molecule has 2 aliphatic carbocycles. The lowest BCUT2D eigenvalue weighted by atomic mass is 9.89. The molecule has 0 spiro atoms. The maximum atomic E-state index is 12.0. The lowest BCUT2D eigenvalue weighted by Crippen LogP contribution is -2.66. The summed E-state index contributed by atoms with van der Waals surface area (Å²) < 4.78 is 5.55. The molecular formula is C15H26N2O3. The van der Waals surface area contributed by atoms with Crippen molar-refractivity contribution < 1.29 is 14.6 Å². The topological polar surface area (TPSA) is 61.8 Å². The van der Waals surface area contributed by atoms with E-state index in [1.165, 1.54) is 0 Å². The van der Waals surface area contributed by atoms with E-state index >= 15 is 0 Å². The summed E-state index contributed by atoms with van der Waals surface area (Å²) in [6.45, 7) is 7.08. The van der Waals surface area contributed by atoms with E-state index in [0.29, 0.717) is 31.7 Å². The number of nitrogens with one attached hydrogen (secondary N) is 1. The number of carboxylic acids is 1. The maximum absolute atomic E-state index is 12.0. The van der Waals surface area contributed by atoms with Crippen molar-refractivity contribution >= 4 is 5.97 Å². The van der Waals surface area contributed by atoms with Crippen LogP contribution in [0.4, 0.5) is 0 Å². The van der Waals surface area contributed by atoms with E-state index < -0.39 is 11.5 Å². The number of carbonyl (C=O) groups is 1. The first-order chi connectivity index (χ1) is 9.44. The van der Waals surface area contributed by atoms with E-state index in [-0.39, 0.29) is 5.54 Å². The molecule has 114 valence electrons. The lowest BCUT2D eigenvalue weighted by Gasteiger charge is -2.46. The van der Waals surface area contributed by atoms with E-state index in [9.17, 15) is 9.90 Å². The Morgan fingerprint density at radius 2 is 2.10 bits per heavy atom. The van der Waals surface area contributed by atoms with Crippen LogP contribution in [0.5, 0.6) is 0 Å². The van der Waals surface area contributed by atoms with Crippen molar-refractivity contribution in [2.24, 2.45) is 5.92 Å². The third-order valence-corrected chi connectivity index (χ3v) is 4.95. The molecule has 5 heteroatoms. The number of aliphatic carboxylic acids is 1. The maximum Gasteiger partial charge on any atom is 0.325 e. The highest BCUT2D eigenvalue weighted by Gasteiger charge is 2.55. The van der Waals surface area contributed by atoms with Crippen LogP contribution in [-0.4, -0.2) is 59.4 Å². The molecule has 0 aromatic carbocycles. The van der Waals surface area contributed by atoms with Crippen LogP contribution in [0.25, 0.3) is 0 Å². The molecule has 1 unspecified atom stereocenters. The Balaban J connectivity index is 1.79. The Hall–Kier alpha value is -0.650. The third kappa shape index (κ3) is 2.71. The molecule has 20 heavy (non-hydrogen) atoms. The third-order valence-electron chi connectivity index (χ3n) is 4.95. The van der Waals surface area contributed by atoms with Crippen molar-refractivity contribution in [3.05, 3.63) is 0 Å². The Morgan fingerprint density at radius 1 is 1.40 bits per heavy atom. The lowest BCUT2D eigenvalue weighted by molar-refractivity contribution is -0.150. The Bertz CT molecular complexity index is 391. The van der Waals surface area contributed by atoms with Gasteiger partial charge in [-0.3, -0.25) is 15.0 Å². The molecule has 2 N–H and O–H groups in total. The summed E-state index contributed by atoms with van der Waals surface area (Å²) in [5, 5.41) is 13.4. The van der Waals surface area contributed by atoms with Gasteiger partial charge in [-0.2, -0.15) is 0 Å². The highest BCUT2D eigenvalue weighted by atomic mass is 16.5. The van der Waals surface area contributed by atoms with Gasteiger partial charge in [0.1, 0.15) is 5.54 Å². The highest BCUT2D eigenvalue weighted by Crippen LogP contribution is 2.43. The molecule has 3 aliphatic rings. The molecule has 5 nitrogen and oxygen atoms in total. The van der Waals surface area contributed by atoms with Crippen LogP contribution in [0.1, 0.15) is 39.5 Å². The monoisotopic (exact) mass is 282 g/mol. The first-order valence-corrected chi connectivity index (χ1v) is 7.78. The number of carboxylic acid groups (broad SMARTS) is 1. The first kappa shape index (κ1) is 14.3. The zero-order valence-electron chi connectivity index (χ0n) is 12.5. The summed E-state index contributed by atoms with van der Waals surface area (Å²) >= 11 is 0. The smallest absolute Gasteiger partial charge is 0.325 e. The van der Waals surface area contributed by atoms with Crippen molar-refractivity contribution in [2.45, 2.75) is 56.7 Å². The van der Waals surface area contributed by atoms with Crippen molar-refractivity contribution in [3.63, 3.8) is 0 Å². The fourth-order valence-electron chi connectivity index (χ4n) is 3.25. The van der Waals surface area contributed by atoms with Crippen LogP contribution in [0.3, 0.4) is 0 Å². The molecule has 0 aromatic rings. The Labute approximate surface area is 120 Å². The molecule has 1 atom stereocenters. The van der Waals surface area contributed by atoms with Gasteiger partial charge >= 0.3 is 5.97 Å². The molecule has 0 aromatic heterocycles. The van der Waals surface area contributed by atoms with E-state index in [2.05, 4.69) is 24.1 Å².